The molecular formula is C15H10ClN3O. The number of nitrogens with zero attached hydrogens (tertiary/aromatic N) is 2. The summed E-state index contributed by atoms with van der Waals surface area (Å²) in [5.74, 6) is -0.243. The molecule has 1 amide bonds. The highest BCUT2D eigenvalue weighted by Gasteiger charge is 2.09. The summed E-state index contributed by atoms with van der Waals surface area (Å²) in [6, 6.07) is 12.7. The SMILES string of the molecule is O=C(Nc1cccc2cccnc12)c1ccc(Cl)nc1. The maximum absolute atomic E-state index is 12.1. The normalized spacial score (nSPS) is 10.4. The van der Waals surface area contributed by atoms with Gasteiger partial charge in [-0.1, -0.05) is 29.8 Å². The average molecular weight is 284 g/mol. The molecule has 0 radical (unpaired) electrons. The number of nitrogens with one attached hydrogen (secondary N) is 1. The minimum atomic E-state index is -0.243. The van der Waals surface area contributed by atoms with Crippen molar-refractivity contribution < 1.29 is 4.79 Å². The van der Waals surface area contributed by atoms with Crippen LogP contribution >= 0.6 is 11.6 Å². The first-order valence-corrected chi connectivity index (χ1v) is 6.38. The minimum absolute atomic E-state index is 0.243. The molecular weight excluding hydrogens is 274 g/mol. The molecule has 0 fully saturated rings. The highest BCUT2D eigenvalue weighted by molar-refractivity contribution is 6.29. The number of rotatable bonds is 2. The van der Waals surface area contributed by atoms with Gasteiger partial charge in [0, 0.05) is 17.8 Å². The van der Waals surface area contributed by atoms with Crippen molar-refractivity contribution in [3.8, 4) is 0 Å². The van der Waals surface area contributed by atoms with Gasteiger partial charge >= 0.3 is 0 Å². The predicted molar refractivity (Wildman–Crippen MR) is 78.9 cm³/mol. The van der Waals surface area contributed by atoms with Gasteiger partial charge in [0.15, 0.2) is 0 Å². The van der Waals surface area contributed by atoms with E-state index in [0.29, 0.717) is 16.4 Å². The van der Waals surface area contributed by atoms with E-state index in [0.717, 1.165) is 10.9 Å². The zero-order valence-electron chi connectivity index (χ0n) is 10.4. The molecule has 98 valence electrons. The van der Waals surface area contributed by atoms with E-state index in [2.05, 4.69) is 15.3 Å². The van der Waals surface area contributed by atoms with Crippen molar-refractivity contribution >= 4 is 34.1 Å². The molecule has 0 atom stereocenters. The van der Waals surface area contributed by atoms with Crippen molar-refractivity contribution in [1.29, 1.82) is 0 Å². The maximum Gasteiger partial charge on any atom is 0.257 e. The summed E-state index contributed by atoms with van der Waals surface area (Å²) in [6.45, 7) is 0. The fourth-order valence-corrected chi connectivity index (χ4v) is 2.02. The molecule has 0 aliphatic rings. The zero-order chi connectivity index (χ0) is 13.9. The Bertz CT molecular complexity index is 766. The lowest BCUT2D eigenvalue weighted by Crippen LogP contribution is -2.12. The van der Waals surface area contributed by atoms with Gasteiger partial charge in [0.05, 0.1) is 16.8 Å². The second-order valence-corrected chi connectivity index (χ2v) is 4.59. The number of aromatic nitrogens is 2. The monoisotopic (exact) mass is 283 g/mol. The van der Waals surface area contributed by atoms with Crippen LogP contribution in [0.4, 0.5) is 5.69 Å². The third kappa shape index (κ3) is 2.46. The van der Waals surface area contributed by atoms with Gasteiger partial charge < -0.3 is 5.32 Å². The zero-order valence-corrected chi connectivity index (χ0v) is 11.1. The van der Waals surface area contributed by atoms with Crippen LogP contribution in [0.15, 0.2) is 54.9 Å². The Hall–Kier alpha value is -2.46. The molecule has 0 saturated carbocycles. The number of carbonyl (C=O) groups excluding carboxylic acids is 1. The first-order chi connectivity index (χ1) is 9.74. The predicted octanol–water partition coefficient (Wildman–Crippen LogP) is 3.54. The molecule has 2 heterocycles. The van der Waals surface area contributed by atoms with Crippen LogP contribution in [0.5, 0.6) is 0 Å². The van der Waals surface area contributed by atoms with Gasteiger partial charge in [-0.2, -0.15) is 0 Å². The van der Waals surface area contributed by atoms with Crippen molar-refractivity contribution in [3.63, 3.8) is 0 Å². The van der Waals surface area contributed by atoms with E-state index in [1.54, 1.807) is 18.3 Å². The number of amides is 1. The Balaban J connectivity index is 1.93. The van der Waals surface area contributed by atoms with Crippen LogP contribution in [0.3, 0.4) is 0 Å². The summed E-state index contributed by atoms with van der Waals surface area (Å²) in [7, 11) is 0. The number of pyridine rings is 2. The summed E-state index contributed by atoms with van der Waals surface area (Å²) in [5, 5.41) is 4.16. The smallest absolute Gasteiger partial charge is 0.257 e. The minimum Gasteiger partial charge on any atom is -0.320 e. The Morgan fingerprint density at radius 2 is 1.90 bits per heavy atom. The standard InChI is InChI=1S/C15H10ClN3O/c16-13-7-6-11(9-18-13)15(20)19-12-5-1-3-10-4-2-8-17-14(10)12/h1-9H,(H,19,20). The summed E-state index contributed by atoms with van der Waals surface area (Å²) in [5.41, 5.74) is 1.87. The molecule has 2 aromatic heterocycles. The van der Waals surface area contributed by atoms with Crippen LogP contribution in [0.2, 0.25) is 5.15 Å². The van der Waals surface area contributed by atoms with Crippen LogP contribution in [0, 0.1) is 0 Å². The lowest BCUT2D eigenvalue weighted by Gasteiger charge is -2.07. The number of anilines is 1. The molecule has 1 aromatic carbocycles. The molecule has 20 heavy (non-hydrogen) atoms. The molecule has 0 aliphatic carbocycles. The Morgan fingerprint density at radius 3 is 2.70 bits per heavy atom. The van der Waals surface area contributed by atoms with E-state index >= 15 is 0 Å². The first kappa shape index (κ1) is 12.6. The Kier molecular flexibility index (Phi) is 3.31. The van der Waals surface area contributed by atoms with Crippen molar-refractivity contribution in [2.24, 2.45) is 0 Å². The third-order valence-electron chi connectivity index (χ3n) is 2.87. The van der Waals surface area contributed by atoms with Gasteiger partial charge in [0.2, 0.25) is 0 Å². The number of benzene rings is 1. The highest BCUT2D eigenvalue weighted by Crippen LogP contribution is 2.21. The Morgan fingerprint density at radius 1 is 1.05 bits per heavy atom. The second kappa shape index (κ2) is 5.27. The number of hydrogen-bond donors (Lipinski definition) is 1. The van der Waals surface area contributed by atoms with Gasteiger partial charge in [-0.3, -0.25) is 9.78 Å². The molecule has 0 bridgehead atoms. The summed E-state index contributed by atoms with van der Waals surface area (Å²) in [4.78, 5) is 20.3. The topological polar surface area (TPSA) is 54.9 Å². The fourth-order valence-electron chi connectivity index (χ4n) is 1.91. The molecule has 0 unspecified atom stereocenters. The lowest BCUT2D eigenvalue weighted by atomic mass is 10.2. The Labute approximate surface area is 120 Å². The van der Waals surface area contributed by atoms with E-state index in [9.17, 15) is 4.79 Å². The number of para-hydroxylation sites is 1. The quantitative estimate of drug-likeness (QED) is 0.732. The number of halogens is 1. The fraction of sp³-hybridized carbons (Fsp3) is 0. The highest BCUT2D eigenvalue weighted by atomic mass is 35.5. The van der Waals surface area contributed by atoms with E-state index in [4.69, 9.17) is 11.6 Å². The van der Waals surface area contributed by atoms with Crippen LogP contribution in [0.25, 0.3) is 10.9 Å². The number of fused-ring (bicyclic) bond motifs is 1. The number of carbonyl (C=O) groups is 1. The van der Waals surface area contributed by atoms with E-state index in [1.165, 1.54) is 6.20 Å². The molecule has 1 N–H and O–H groups in total. The third-order valence-corrected chi connectivity index (χ3v) is 3.09. The van der Waals surface area contributed by atoms with Crippen molar-refractivity contribution in [2.75, 3.05) is 5.32 Å². The van der Waals surface area contributed by atoms with Crippen LogP contribution < -0.4 is 5.32 Å². The molecule has 5 heteroatoms. The van der Waals surface area contributed by atoms with Gasteiger partial charge in [-0.25, -0.2) is 4.98 Å². The van der Waals surface area contributed by atoms with E-state index < -0.39 is 0 Å². The van der Waals surface area contributed by atoms with Gasteiger partial charge in [-0.05, 0) is 24.3 Å². The van der Waals surface area contributed by atoms with E-state index in [1.807, 2.05) is 30.3 Å². The van der Waals surface area contributed by atoms with Gasteiger partial charge in [0.25, 0.3) is 5.91 Å². The molecule has 4 nitrogen and oxygen atoms in total. The van der Waals surface area contributed by atoms with Crippen LogP contribution in [0.1, 0.15) is 10.4 Å². The maximum atomic E-state index is 12.1. The largest absolute Gasteiger partial charge is 0.320 e. The van der Waals surface area contributed by atoms with Crippen LogP contribution in [-0.4, -0.2) is 15.9 Å². The molecule has 0 aliphatic heterocycles. The van der Waals surface area contributed by atoms with Crippen molar-refractivity contribution in [1.82, 2.24) is 9.97 Å². The summed E-state index contributed by atoms with van der Waals surface area (Å²) >= 11 is 5.70. The molecule has 3 aromatic rings. The lowest BCUT2D eigenvalue weighted by molar-refractivity contribution is 0.102. The second-order valence-electron chi connectivity index (χ2n) is 4.20. The summed E-state index contributed by atoms with van der Waals surface area (Å²) < 4.78 is 0. The number of hydrogen-bond acceptors (Lipinski definition) is 3. The van der Waals surface area contributed by atoms with Crippen molar-refractivity contribution in [2.45, 2.75) is 0 Å². The molecule has 0 saturated heterocycles. The first-order valence-electron chi connectivity index (χ1n) is 6.01. The summed E-state index contributed by atoms with van der Waals surface area (Å²) in [6.07, 6.45) is 3.14. The molecule has 0 spiro atoms. The van der Waals surface area contributed by atoms with Gasteiger partial charge in [-0.15, -0.1) is 0 Å². The molecule has 3 rings (SSSR count). The van der Waals surface area contributed by atoms with Crippen molar-refractivity contribution in [3.05, 3.63) is 65.6 Å². The van der Waals surface area contributed by atoms with E-state index in [-0.39, 0.29) is 5.91 Å². The van der Waals surface area contributed by atoms with Crippen LogP contribution in [-0.2, 0) is 0 Å². The average Bonchev–Trinajstić information content (AvgIpc) is 2.48. The van der Waals surface area contributed by atoms with Gasteiger partial charge in [0.1, 0.15) is 5.15 Å².